The number of hydrogen-bond acceptors (Lipinski definition) is 8. The van der Waals surface area contributed by atoms with Crippen molar-refractivity contribution in [3.8, 4) is 0 Å². The van der Waals surface area contributed by atoms with E-state index < -0.39 is 34.2 Å². The Hall–Kier alpha value is -3.54. The van der Waals surface area contributed by atoms with Gasteiger partial charge < -0.3 is 14.9 Å². The largest absolute Gasteiger partial charge is 0.495 e. The lowest BCUT2D eigenvalue weighted by Crippen LogP contribution is -2.60. The van der Waals surface area contributed by atoms with E-state index in [2.05, 4.69) is 5.10 Å². The number of carbonyl (C=O) groups excluding carboxylic acids is 1. The van der Waals surface area contributed by atoms with Crippen LogP contribution in [0.1, 0.15) is 56.1 Å². The first-order valence-electron chi connectivity index (χ1n) is 14.8. The SMILES string of the molecule is COC1=C(c2ccc(C[C@H](CCCC(=O)[C@@H]3C4CCC(CC4)N3S(=O)(=O)c3ccccc3)C(=O)O)cc2)C(O)N(C)N=C1. The van der Waals surface area contributed by atoms with E-state index in [1.165, 1.54) is 22.6 Å². The van der Waals surface area contributed by atoms with Crippen molar-refractivity contribution >= 4 is 33.6 Å². The molecule has 10 nitrogen and oxygen atoms in total. The maximum atomic E-state index is 13.6. The van der Waals surface area contributed by atoms with Crippen LogP contribution >= 0.6 is 0 Å². The Kier molecular flexibility index (Phi) is 9.33. The molecule has 11 heteroatoms. The Morgan fingerprint density at radius 1 is 1.05 bits per heavy atom. The predicted molar refractivity (Wildman–Crippen MR) is 161 cm³/mol. The van der Waals surface area contributed by atoms with E-state index in [9.17, 15) is 28.2 Å². The number of nitrogens with zero attached hydrogens (tertiary/aromatic N) is 3. The number of hydrazone groups is 1. The molecule has 3 fully saturated rings. The number of likely N-dealkylation sites (N-methyl/N-ethyl adjacent to an activating group) is 1. The molecule has 0 aromatic heterocycles. The second-order valence-electron chi connectivity index (χ2n) is 11.6. The van der Waals surface area contributed by atoms with Gasteiger partial charge in [0.2, 0.25) is 10.0 Å². The van der Waals surface area contributed by atoms with Crippen LogP contribution in [0.4, 0.5) is 0 Å². The van der Waals surface area contributed by atoms with Crippen LogP contribution in [0.5, 0.6) is 0 Å². The first-order valence-corrected chi connectivity index (χ1v) is 16.2. The topological polar surface area (TPSA) is 137 Å². The Bertz CT molecular complexity index is 1480. The standard InChI is InChI=1S/C32H39N3O7S/c1-34-31(37)29(28(42-2)20-33-34)22-13-11-21(12-14-22)19-24(32(38)39)7-6-10-27(36)30-23-15-17-25(18-16-23)35(30)43(40,41)26-8-4-3-5-9-26/h3-5,8-9,11-14,20,23-25,30-31,37H,6-7,10,15-19H2,1-2H3,(H,38,39)/t23?,24-,25?,30-,31?/m0/s1. The first kappa shape index (κ1) is 30.9. The minimum atomic E-state index is -3.82. The van der Waals surface area contributed by atoms with Crippen molar-refractivity contribution in [3.05, 3.63) is 71.5 Å². The molecule has 2 N–H and O–H groups in total. The number of ether oxygens (including phenoxy) is 1. The fraction of sp³-hybridized carbons (Fsp3) is 0.469. The number of allylic oxidation sites excluding steroid dienone is 1. The molecule has 0 spiro atoms. The predicted octanol–water partition coefficient (Wildman–Crippen LogP) is 3.91. The molecule has 2 saturated heterocycles. The summed E-state index contributed by atoms with van der Waals surface area (Å²) in [5.41, 5.74) is 2.12. The van der Waals surface area contributed by atoms with Gasteiger partial charge in [0, 0.05) is 19.5 Å². The number of carbonyl (C=O) groups is 2. The number of ketones is 1. The van der Waals surface area contributed by atoms with Gasteiger partial charge in [0.05, 0.1) is 35.8 Å². The van der Waals surface area contributed by atoms with Crippen LogP contribution in [-0.2, 0) is 30.8 Å². The van der Waals surface area contributed by atoms with Gasteiger partial charge in [-0.25, -0.2) is 8.42 Å². The molecule has 1 aliphatic carbocycles. The molecule has 6 rings (SSSR count). The number of Topliss-reactive ketones (excluding diaryl/α,β-unsaturated/α-hetero) is 1. The summed E-state index contributed by atoms with van der Waals surface area (Å²) >= 11 is 0. The number of hydrogen-bond donors (Lipinski definition) is 2. The number of carboxylic acid groups (broad SMARTS) is 1. The highest BCUT2D eigenvalue weighted by Crippen LogP contribution is 2.43. The van der Waals surface area contributed by atoms with Crippen molar-refractivity contribution in [2.75, 3.05) is 14.2 Å². The Morgan fingerprint density at radius 2 is 1.72 bits per heavy atom. The number of aliphatic hydroxyl groups excluding tert-OH is 1. The number of fused-ring (bicyclic) bond motifs is 3. The molecule has 2 aromatic carbocycles. The summed E-state index contributed by atoms with van der Waals surface area (Å²) in [5, 5.41) is 26.1. The van der Waals surface area contributed by atoms with Crippen molar-refractivity contribution in [3.63, 3.8) is 0 Å². The zero-order valence-electron chi connectivity index (χ0n) is 24.5. The summed E-state index contributed by atoms with van der Waals surface area (Å²) in [6.07, 6.45) is 4.82. The van der Waals surface area contributed by atoms with Crippen molar-refractivity contribution in [1.29, 1.82) is 0 Å². The molecule has 3 aliphatic heterocycles. The van der Waals surface area contributed by atoms with Crippen molar-refractivity contribution in [2.24, 2.45) is 16.9 Å². The van der Waals surface area contributed by atoms with E-state index in [0.717, 1.165) is 36.8 Å². The van der Waals surface area contributed by atoms with Crippen LogP contribution in [0.25, 0.3) is 5.57 Å². The number of rotatable bonds is 12. The summed E-state index contributed by atoms with van der Waals surface area (Å²) in [6.45, 7) is 0. The summed E-state index contributed by atoms with van der Waals surface area (Å²) < 4.78 is 34.1. The fourth-order valence-corrected chi connectivity index (χ4v) is 8.64. The zero-order chi connectivity index (χ0) is 30.7. The lowest BCUT2D eigenvalue weighted by molar-refractivity contribution is -0.142. The molecule has 2 bridgehead atoms. The monoisotopic (exact) mass is 609 g/mol. The molecule has 2 aromatic rings. The van der Waals surface area contributed by atoms with Gasteiger partial charge in [0.25, 0.3) is 0 Å². The molecule has 3 heterocycles. The van der Waals surface area contributed by atoms with Gasteiger partial charge in [-0.15, -0.1) is 0 Å². The van der Waals surface area contributed by atoms with Gasteiger partial charge >= 0.3 is 5.97 Å². The zero-order valence-corrected chi connectivity index (χ0v) is 25.3. The maximum Gasteiger partial charge on any atom is 0.306 e. The molecular weight excluding hydrogens is 570 g/mol. The number of piperidine rings is 2. The van der Waals surface area contributed by atoms with E-state index >= 15 is 0 Å². The molecule has 1 unspecified atom stereocenters. The van der Waals surface area contributed by atoms with E-state index in [1.54, 1.807) is 37.4 Å². The highest BCUT2D eigenvalue weighted by Gasteiger charge is 2.50. The van der Waals surface area contributed by atoms with Crippen LogP contribution in [0.15, 0.2) is 70.4 Å². The van der Waals surface area contributed by atoms with E-state index in [0.29, 0.717) is 24.2 Å². The third-order valence-electron chi connectivity index (χ3n) is 9.00. The molecule has 0 amide bonds. The van der Waals surface area contributed by atoms with Crippen LogP contribution < -0.4 is 0 Å². The third-order valence-corrected chi connectivity index (χ3v) is 10.9. The van der Waals surface area contributed by atoms with Crippen LogP contribution in [0, 0.1) is 11.8 Å². The Morgan fingerprint density at radius 3 is 2.35 bits per heavy atom. The normalized spacial score (nSPS) is 24.7. The summed E-state index contributed by atoms with van der Waals surface area (Å²) in [6, 6.07) is 14.7. The highest BCUT2D eigenvalue weighted by atomic mass is 32.2. The van der Waals surface area contributed by atoms with Gasteiger partial charge in [-0.2, -0.15) is 9.41 Å². The van der Waals surface area contributed by atoms with E-state index in [-0.39, 0.29) is 35.5 Å². The molecule has 43 heavy (non-hydrogen) atoms. The minimum absolute atomic E-state index is 0.00717. The van der Waals surface area contributed by atoms with Crippen molar-refractivity contribution in [1.82, 2.24) is 9.31 Å². The lowest BCUT2D eigenvalue weighted by atomic mass is 9.74. The second kappa shape index (κ2) is 13.0. The van der Waals surface area contributed by atoms with Crippen molar-refractivity contribution < 1.29 is 33.0 Å². The summed E-state index contributed by atoms with van der Waals surface area (Å²) in [7, 11) is -0.660. The number of methoxy groups -OCH3 is 1. The molecule has 4 aliphatic rings. The molecule has 230 valence electrons. The van der Waals surface area contributed by atoms with E-state index in [4.69, 9.17) is 4.74 Å². The number of carboxylic acids is 1. The van der Waals surface area contributed by atoms with E-state index in [1.807, 2.05) is 24.3 Å². The van der Waals surface area contributed by atoms with Gasteiger partial charge in [-0.05, 0) is 74.1 Å². The third kappa shape index (κ3) is 6.39. The second-order valence-corrected chi connectivity index (χ2v) is 13.5. The molecule has 1 saturated carbocycles. The van der Waals surface area contributed by atoms with Gasteiger partial charge in [0.15, 0.2) is 12.0 Å². The fourth-order valence-electron chi connectivity index (χ4n) is 6.70. The lowest BCUT2D eigenvalue weighted by Gasteiger charge is -2.49. The number of aliphatic hydroxyl groups is 1. The maximum absolute atomic E-state index is 13.6. The summed E-state index contributed by atoms with van der Waals surface area (Å²) in [4.78, 5) is 25.9. The van der Waals surface area contributed by atoms with Gasteiger partial charge in [-0.3, -0.25) is 14.6 Å². The van der Waals surface area contributed by atoms with Gasteiger partial charge in [-0.1, -0.05) is 42.5 Å². The van der Waals surface area contributed by atoms with Crippen LogP contribution in [0.3, 0.4) is 0 Å². The average Bonchev–Trinajstić information content (AvgIpc) is 3.02. The summed E-state index contributed by atoms with van der Waals surface area (Å²) in [5.74, 6) is -1.31. The van der Waals surface area contributed by atoms with Gasteiger partial charge in [0.1, 0.15) is 5.76 Å². The number of sulfonamides is 1. The first-order chi connectivity index (χ1) is 20.6. The molecule has 0 radical (unpaired) electrons. The van der Waals surface area contributed by atoms with Crippen LogP contribution in [-0.4, -0.2) is 78.4 Å². The highest BCUT2D eigenvalue weighted by molar-refractivity contribution is 7.89. The average molecular weight is 610 g/mol. The molecule has 3 atom stereocenters. The quantitative estimate of drug-likeness (QED) is 0.370. The number of benzene rings is 2. The minimum Gasteiger partial charge on any atom is -0.495 e. The Labute approximate surface area is 252 Å². The van der Waals surface area contributed by atoms with Crippen LogP contribution in [0.2, 0.25) is 0 Å². The smallest absolute Gasteiger partial charge is 0.306 e. The molecular formula is C32H39N3O7S. The van der Waals surface area contributed by atoms with Crippen molar-refractivity contribution in [2.45, 2.75) is 74.6 Å². The number of aliphatic carboxylic acids is 1. The Balaban J connectivity index is 1.24.